The van der Waals surface area contributed by atoms with E-state index in [2.05, 4.69) is 15.6 Å². The SMILES string of the molecule is O=C(Nc1cccc(-c2ccccc2)c1)Nc1cccc2[nH]ccc12. The monoisotopic (exact) mass is 327 g/mol. The second-order valence-corrected chi connectivity index (χ2v) is 5.77. The van der Waals surface area contributed by atoms with Crippen LogP contribution in [0, 0.1) is 0 Å². The third kappa shape index (κ3) is 3.23. The summed E-state index contributed by atoms with van der Waals surface area (Å²) in [6.07, 6.45) is 1.86. The molecule has 0 spiro atoms. The van der Waals surface area contributed by atoms with Gasteiger partial charge in [-0.15, -0.1) is 0 Å². The summed E-state index contributed by atoms with van der Waals surface area (Å²) in [7, 11) is 0. The van der Waals surface area contributed by atoms with Crippen LogP contribution >= 0.6 is 0 Å². The first kappa shape index (κ1) is 15.0. The fourth-order valence-electron chi connectivity index (χ4n) is 2.89. The second-order valence-electron chi connectivity index (χ2n) is 5.77. The Hall–Kier alpha value is -3.53. The highest BCUT2D eigenvalue weighted by atomic mass is 16.2. The predicted octanol–water partition coefficient (Wildman–Crippen LogP) is 5.48. The summed E-state index contributed by atoms with van der Waals surface area (Å²) in [4.78, 5) is 15.5. The number of urea groups is 1. The normalized spacial score (nSPS) is 10.6. The topological polar surface area (TPSA) is 56.9 Å². The number of aromatic amines is 1. The molecule has 0 aliphatic rings. The summed E-state index contributed by atoms with van der Waals surface area (Å²) in [6.45, 7) is 0. The number of nitrogens with one attached hydrogen (secondary N) is 3. The number of aromatic nitrogens is 1. The van der Waals surface area contributed by atoms with Crippen LogP contribution in [0.1, 0.15) is 0 Å². The zero-order chi connectivity index (χ0) is 17.1. The van der Waals surface area contributed by atoms with Crippen molar-refractivity contribution in [3.63, 3.8) is 0 Å². The van der Waals surface area contributed by atoms with Gasteiger partial charge in [-0.2, -0.15) is 0 Å². The number of rotatable bonds is 3. The molecule has 0 atom stereocenters. The van der Waals surface area contributed by atoms with Crippen molar-refractivity contribution in [2.75, 3.05) is 10.6 Å². The first-order valence-corrected chi connectivity index (χ1v) is 8.09. The van der Waals surface area contributed by atoms with E-state index in [0.29, 0.717) is 0 Å². The van der Waals surface area contributed by atoms with Crippen LogP contribution in [0.5, 0.6) is 0 Å². The molecule has 4 nitrogen and oxygen atoms in total. The molecule has 0 bridgehead atoms. The van der Waals surface area contributed by atoms with Crippen LogP contribution < -0.4 is 10.6 Å². The lowest BCUT2D eigenvalue weighted by atomic mass is 10.1. The van der Waals surface area contributed by atoms with Crippen LogP contribution in [-0.2, 0) is 0 Å². The van der Waals surface area contributed by atoms with Crippen molar-refractivity contribution in [1.29, 1.82) is 0 Å². The molecule has 0 radical (unpaired) electrons. The van der Waals surface area contributed by atoms with Gasteiger partial charge in [0.2, 0.25) is 0 Å². The van der Waals surface area contributed by atoms with Gasteiger partial charge in [-0.3, -0.25) is 0 Å². The number of H-pyrrole nitrogens is 1. The maximum Gasteiger partial charge on any atom is 0.323 e. The van der Waals surface area contributed by atoms with Crippen LogP contribution in [0.3, 0.4) is 0 Å². The molecule has 4 heteroatoms. The third-order valence-corrected chi connectivity index (χ3v) is 4.07. The molecular weight excluding hydrogens is 310 g/mol. The molecule has 0 aliphatic heterocycles. The summed E-state index contributed by atoms with van der Waals surface area (Å²) in [5.41, 5.74) is 4.69. The zero-order valence-electron chi connectivity index (χ0n) is 13.5. The minimum atomic E-state index is -0.265. The summed E-state index contributed by atoms with van der Waals surface area (Å²) < 4.78 is 0. The summed E-state index contributed by atoms with van der Waals surface area (Å²) >= 11 is 0. The molecule has 122 valence electrons. The molecule has 0 fully saturated rings. The van der Waals surface area contributed by atoms with Gasteiger partial charge in [-0.25, -0.2) is 4.79 Å². The van der Waals surface area contributed by atoms with Crippen molar-refractivity contribution >= 4 is 28.3 Å². The highest BCUT2D eigenvalue weighted by Gasteiger charge is 2.07. The molecule has 1 heterocycles. The van der Waals surface area contributed by atoms with Gasteiger partial charge in [0, 0.05) is 22.8 Å². The molecular formula is C21H17N3O. The predicted molar refractivity (Wildman–Crippen MR) is 103 cm³/mol. The fourth-order valence-corrected chi connectivity index (χ4v) is 2.89. The quantitative estimate of drug-likeness (QED) is 0.458. The Kier molecular flexibility index (Phi) is 3.92. The molecule has 4 rings (SSSR count). The van der Waals surface area contributed by atoms with Gasteiger partial charge >= 0.3 is 6.03 Å². The summed E-state index contributed by atoms with van der Waals surface area (Å²) in [6, 6.07) is 25.3. The molecule has 0 saturated heterocycles. The number of fused-ring (bicyclic) bond motifs is 1. The Morgan fingerprint density at radius 1 is 0.760 bits per heavy atom. The zero-order valence-corrected chi connectivity index (χ0v) is 13.5. The average Bonchev–Trinajstić information content (AvgIpc) is 3.12. The van der Waals surface area contributed by atoms with Gasteiger partial charge in [0.25, 0.3) is 0 Å². The van der Waals surface area contributed by atoms with Crippen LogP contribution in [-0.4, -0.2) is 11.0 Å². The first-order valence-electron chi connectivity index (χ1n) is 8.09. The lowest BCUT2D eigenvalue weighted by Crippen LogP contribution is -2.19. The summed E-state index contributed by atoms with van der Waals surface area (Å²) in [5.74, 6) is 0. The number of carbonyl (C=O) groups excluding carboxylic acids is 1. The van der Waals surface area contributed by atoms with Crippen molar-refractivity contribution in [3.05, 3.63) is 85.1 Å². The molecule has 0 saturated carbocycles. The van der Waals surface area contributed by atoms with Gasteiger partial charge in [0.1, 0.15) is 0 Å². The first-order chi connectivity index (χ1) is 12.3. The van der Waals surface area contributed by atoms with Gasteiger partial charge < -0.3 is 15.6 Å². The van der Waals surface area contributed by atoms with Gasteiger partial charge in [-0.05, 0) is 41.5 Å². The lowest BCUT2D eigenvalue weighted by molar-refractivity contribution is 0.262. The van der Waals surface area contributed by atoms with Crippen LogP contribution in [0.25, 0.3) is 22.0 Å². The largest absolute Gasteiger partial charge is 0.361 e. The van der Waals surface area contributed by atoms with E-state index in [1.165, 1.54) is 0 Å². The molecule has 3 N–H and O–H groups in total. The van der Waals surface area contributed by atoms with Crippen molar-refractivity contribution in [2.24, 2.45) is 0 Å². The molecule has 0 aliphatic carbocycles. The summed E-state index contributed by atoms with van der Waals surface area (Å²) in [5, 5.41) is 6.79. The average molecular weight is 327 g/mol. The number of amides is 2. The van der Waals surface area contributed by atoms with E-state index >= 15 is 0 Å². The van der Waals surface area contributed by atoms with Gasteiger partial charge in [0.15, 0.2) is 0 Å². The van der Waals surface area contributed by atoms with Crippen molar-refractivity contribution < 1.29 is 4.79 Å². The van der Waals surface area contributed by atoms with E-state index in [9.17, 15) is 4.79 Å². The standard InChI is InChI=1S/C21H17N3O/c25-21(24-20-11-5-10-19-18(20)12-13-22-19)23-17-9-4-8-16(14-17)15-6-2-1-3-7-15/h1-14,22H,(H2,23,24,25). The highest BCUT2D eigenvalue weighted by molar-refractivity contribution is 6.05. The van der Waals surface area contributed by atoms with E-state index in [4.69, 9.17) is 0 Å². The van der Waals surface area contributed by atoms with Gasteiger partial charge in [0.05, 0.1) is 5.69 Å². The van der Waals surface area contributed by atoms with E-state index in [1.807, 2.05) is 85.1 Å². The number of anilines is 2. The van der Waals surface area contributed by atoms with Crippen molar-refractivity contribution in [3.8, 4) is 11.1 Å². The van der Waals surface area contributed by atoms with E-state index in [1.54, 1.807) is 0 Å². The molecule has 0 unspecified atom stereocenters. The molecule has 2 amide bonds. The maximum atomic E-state index is 12.4. The molecule has 4 aromatic rings. The van der Waals surface area contributed by atoms with E-state index in [0.717, 1.165) is 33.4 Å². The van der Waals surface area contributed by atoms with Crippen molar-refractivity contribution in [1.82, 2.24) is 4.98 Å². The third-order valence-electron chi connectivity index (χ3n) is 4.07. The Bertz CT molecular complexity index is 1020. The van der Waals surface area contributed by atoms with E-state index in [-0.39, 0.29) is 6.03 Å². The smallest absolute Gasteiger partial charge is 0.323 e. The van der Waals surface area contributed by atoms with Crippen LogP contribution in [0.15, 0.2) is 85.1 Å². The fraction of sp³-hybridized carbons (Fsp3) is 0. The minimum absolute atomic E-state index is 0.265. The minimum Gasteiger partial charge on any atom is -0.361 e. The lowest BCUT2D eigenvalue weighted by Gasteiger charge is -2.10. The second kappa shape index (κ2) is 6.53. The van der Waals surface area contributed by atoms with Gasteiger partial charge in [-0.1, -0.05) is 48.5 Å². The van der Waals surface area contributed by atoms with Crippen LogP contribution in [0.2, 0.25) is 0 Å². The Labute approximate surface area is 145 Å². The van der Waals surface area contributed by atoms with E-state index < -0.39 is 0 Å². The number of hydrogen-bond acceptors (Lipinski definition) is 1. The van der Waals surface area contributed by atoms with Crippen LogP contribution in [0.4, 0.5) is 16.2 Å². The van der Waals surface area contributed by atoms with Crippen molar-refractivity contribution in [2.45, 2.75) is 0 Å². The maximum absolute atomic E-state index is 12.4. The number of carbonyl (C=O) groups is 1. The Morgan fingerprint density at radius 3 is 2.44 bits per heavy atom. The molecule has 3 aromatic carbocycles. The molecule has 1 aromatic heterocycles. The number of hydrogen-bond donors (Lipinski definition) is 3. The number of benzene rings is 3. The Balaban J connectivity index is 1.52. The Morgan fingerprint density at radius 2 is 1.56 bits per heavy atom. The molecule has 25 heavy (non-hydrogen) atoms. The highest BCUT2D eigenvalue weighted by Crippen LogP contribution is 2.24.